The fourth-order valence-corrected chi connectivity index (χ4v) is 0. The van der Waals surface area contributed by atoms with Gasteiger partial charge in [-0.05, 0) is 12.2 Å². The zero-order valence-corrected chi connectivity index (χ0v) is 7.20. The fraction of sp³-hybridized carbons (Fsp3) is 0. The molecule has 0 saturated heterocycles. The third-order valence-electron chi connectivity index (χ3n) is 0.333. The molecule has 0 aromatic carbocycles. The van der Waals surface area contributed by atoms with Crippen LogP contribution < -0.4 is 47.9 Å². The summed E-state index contributed by atoms with van der Waals surface area (Å²) in [7, 11) is 0. The zero-order chi connectivity index (χ0) is 8.57. The summed E-state index contributed by atoms with van der Waals surface area (Å²) in [5.41, 5.74) is 0. The summed E-state index contributed by atoms with van der Waals surface area (Å²) in [6.45, 7) is 5.80. The molecule has 0 aromatic rings. The number of rotatable bonds is 2. The van der Waals surface area contributed by atoms with Gasteiger partial charge in [0, 0.05) is 0 Å². The maximum atomic E-state index is 9.14. The van der Waals surface area contributed by atoms with Crippen molar-refractivity contribution in [3.05, 3.63) is 25.3 Å². The second kappa shape index (κ2) is 16.9. The molecule has 0 saturated carbocycles. The van der Waals surface area contributed by atoms with E-state index >= 15 is 0 Å². The molecule has 0 amide bonds. The van der Waals surface area contributed by atoms with Crippen LogP contribution in [0.3, 0.4) is 0 Å². The van der Waals surface area contributed by atoms with Gasteiger partial charge in [-0.2, -0.15) is 0 Å². The van der Waals surface area contributed by atoms with Crippen LogP contribution in [-0.2, 0) is 9.59 Å². The summed E-state index contributed by atoms with van der Waals surface area (Å²) in [5, 5.41) is 18.3. The minimum absolute atomic E-state index is 0. The molecule has 6 heteroatoms. The first kappa shape index (κ1) is 22.6. The Morgan fingerprint density at radius 1 is 0.917 bits per heavy atom. The van der Waals surface area contributed by atoms with E-state index in [1.54, 1.807) is 0 Å². The summed E-state index contributed by atoms with van der Waals surface area (Å²) >= 11 is 0. The first-order valence-electron chi connectivity index (χ1n) is 2.21. The molecule has 0 aliphatic heterocycles. The molecule has 0 aromatic heterocycles. The number of aliphatic carboxylic acids is 2. The van der Waals surface area contributed by atoms with E-state index in [0.29, 0.717) is 0 Å². The number of carboxylic acid groups (broad SMARTS) is 2. The predicted octanol–water partition coefficient (Wildman–Crippen LogP) is -8.15. The van der Waals surface area contributed by atoms with Crippen molar-refractivity contribution < 1.29 is 57.5 Å². The Morgan fingerprint density at radius 3 is 1.00 bits per heavy atom. The van der Waals surface area contributed by atoms with Gasteiger partial charge in [-0.25, -0.2) is 0 Å². The molecule has 0 atom stereocenters. The van der Waals surface area contributed by atoms with E-state index in [2.05, 4.69) is 13.2 Å². The molecule has 0 unspecified atom stereocenters. The van der Waals surface area contributed by atoms with Crippen molar-refractivity contribution in [3.8, 4) is 0 Å². The summed E-state index contributed by atoms with van der Waals surface area (Å²) < 4.78 is 0. The fourth-order valence-electron chi connectivity index (χ4n) is 0. The van der Waals surface area contributed by atoms with Crippen LogP contribution in [0.1, 0.15) is 0 Å². The Kier molecular flexibility index (Phi) is 31.8. The van der Waals surface area contributed by atoms with E-state index in [1.165, 1.54) is 0 Å². The van der Waals surface area contributed by atoms with Gasteiger partial charge < -0.3 is 19.8 Å². The maximum Gasteiger partial charge on any atom is 1.00 e. The van der Waals surface area contributed by atoms with Crippen molar-refractivity contribution in [3.63, 3.8) is 0 Å². The number of carboxylic acids is 2. The minimum atomic E-state index is -1.23. The molecule has 0 heterocycles. The summed E-state index contributed by atoms with van der Waals surface area (Å²) in [6, 6.07) is 0. The molecule has 0 rings (SSSR count). The second-order valence-electron chi connectivity index (χ2n) is 1.05. The Bertz CT molecular complexity index is 138. The molecule has 0 aliphatic rings. The Balaban J connectivity index is -0.0000000457. The van der Waals surface area contributed by atoms with Crippen molar-refractivity contribution >= 4 is 11.9 Å². The van der Waals surface area contributed by atoms with Gasteiger partial charge in [0.25, 0.3) is 0 Å². The van der Waals surface area contributed by atoms with Crippen LogP contribution in [0.15, 0.2) is 25.3 Å². The molecule has 56 valence electrons. The third kappa shape index (κ3) is 54.6. The minimum Gasteiger partial charge on any atom is -0.545 e. The molecular formula is C6H6Li2O4. The van der Waals surface area contributed by atoms with Crippen molar-refractivity contribution in [1.29, 1.82) is 0 Å². The van der Waals surface area contributed by atoms with Crippen molar-refractivity contribution in [2.45, 2.75) is 0 Å². The molecule has 0 aliphatic carbocycles. The first-order valence-corrected chi connectivity index (χ1v) is 2.21. The smallest absolute Gasteiger partial charge is 0.545 e. The van der Waals surface area contributed by atoms with Gasteiger partial charge in [-0.15, -0.1) is 0 Å². The van der Waals surface area contributed by atoms with Gasteiger partial charge in [0.05, 0.1) is 11.9 Å². The Labute approximate surface area is 94.7 Å². The van der Waals surface area contributed by atoms with Gasteiger partial charge in [0.1, 0.15) is 0 Å². The summed E-state index contributed by atoms with van der Waals surface area (Å²) in [5.74, 6) is -2.46. The average molecular weight is 156 g/mol. The number of hydrogen-bond acceptors (Lipinski definition) is 4. The third-order valence-corrected chi connectivity index (χ3v) is 0.333. The van der Waals surface area contributed by atoms with Gasteiger partial charge in [-0.3, -0.25) is 0 Å². The van der Waals surface area contributed by atoms with E-state index in [-0.39, 0.29) is 37.7 Å². The van der Waals surface area contributed by atoms with E-state index in [1.807, 2.05) is 0 Å². The average Bonchev–Trinajstić information content (AvgIpc) is 1.89. The summed E-state index contributed by atoms with van der Waals surface area (Å²) in [6.07, 6.45) is 1.44. The van der Waals surface area contributed by atoms with Crippen LogP contribution in [-0.4, -0.2) is 11.9 Å². The molecule has 4 nitrogen and oxygen atoms in total. The normalized spacial score (nSPS) is 5.33. The second-order valence-corrected chi connectivity index (χ2v) is 1.05. The predicted molar refractivity (Wildman–Crippen MR) is 30.4 cm³/mol. The van der Waals surface area contributed by atoms with Crippen molar-refractivity contribution in [1.82, 2.24) is 0 Å². The molecule has 12 heavy (non-hydrogen) atoms. The van der Waals surface area contributed by atoms with E-state index < -0.39 is 11.9 Å². The van der Waals surface area contributed by atoms with Crippen LogP contribution in [0, 0.1) is 0 Å². The quantitative estimate of drug-likeness (QED) is 0.293. The molecule has 0 N–H and O–H groups in total. The maximum absolute atomic E-state index is 9.14. The standard InChI is InChI=1S/2C3H4O2.2Li/c2*1-2-3(4)5;;/h2*2H,1H2,(H,4,5);;/q;;2*+1/p-2. The Morgan fingerprint density at radius 2 is 1.00 bits per heavy atom. The van der Waals surface area contributed by atoms with Crippen LogP contribution in [0.5, 0.6) is 0 Å². The topological polar surface area (TPSA) is 80.3 Å². The van der Waals surface area contributed by atoms with Crippen LogP contribution in [0.25, 0.3) is 0 Å². The number of carbonyl (C=O) groups is 2. The largest absolute Gasteiger partial charge is 1.00 e. The van der Waals surface area contributed by atoms with E-state index in [0.717, 1.165) is 12.2 Å². The molecule has 0 fully saturated rings. The van der Waals surface area contributed by atoms with Crippen molar-refractivity contribution in [2.75, 3.05) is 0 Å². The van der Waals surface area contributed by atoms with Gasteiger partial charge in [0.2, 0.25) is 0 Å². The van der Waals surface area contributed by atoms with Gasteiger partial charge in [-0.1, -0.05) is 13.2 Å². The first-order chi connectivity index (χ1) is 4.54. The Hall–Kier alpha value is -0.385. The van der Waals surface area contributed by atoms with Gasteiger partial charge in [0.15, 0.2) is 0 Å². The van der Waals surface area contributed by atoms with Crippen molar-refractivity contribution in [2.24, 2.45) is 0 Å². The number of hydrogen-bond donors (Lipinski definition) is 0. The zero-order valence-electron chi connectivity index (χ0n) is 7.20. The molecule has 0 spiro atoms. The molecule has 0 radical (unpaired) electrons. The number of carbonyl (C=O) groups excluding carboxylic acids is 2. The molecular weight excluding hydrogens is 150 g/mol. The van der Waals surface area contributed by atoms with Crippen LogP contribution in [0.4, 0.5) is 0 Å². The molecule has 0 bridgehead atoms. The summed E-state index contributed by atoms with van der Waals surface area (Å²) in [4.78, 5) is 18.3. The van der Waals surface area contributed by atoms with E-state index in [9.17, 15) is 0 Å². The monoisotopic (exact) mass is 156 g/mol. The van der Waals surface area contributed by atoms with Crippen LogP contribution >= 0.6 is 0 Å². The van der Waals surface area contributed by atoms with E-state index in [4.69, 9.17) is 19.8 Å². The SMILES string of the molecule is C=CC(=O)[O-].C=CC(=O)[O-].[Li+].[Li+]. The van der Waals surface area contributed by atoms with Gasteiger partial charge >= 0.3 is 37.7 Å². The van der Waals surface area contributed by atoms with Crippen LogP contribution in [0.2, 0.25) is 0 Å².